The molecule has 0 aliphatic rings. The first-order chi connectivity index (χ1) is 13.1. The molecule has 2 aromatic carbocycles. The molecular formula is C22H19N3O2. The van der Waals surface area contributed by atoms with Gasteiger partial charge >= 0.3 is 0 Å². The molecule has 4 rings (SSSR count). The molecule has 0 fully saturated rings. The second-order valence-corrected chi connectivity index (χ2v) is 6.41. The van der Waals surface area contributed by atoms with Crippen molar-refractivity contribution in [2.75, 3.05) is 5.32 Å². The van der Waals surface area contributed by atoms with Crippen LogP contribution in [-0.2, 0) is 0 Å². The Morgan fingerprint density at radius 3 is 2.52 bits per heavy atom. The van der Waals surface area contributed by atoms with Crippen LogP contribution >= 0.6 is 0 Å². The average Bonchev–Trinajstić information content (AvgIpc) is 3.34. The van der Waals surface area contributed by atoms with E-state index in [1.165, 1.54) is 0 Å². The van der Waals surface area contributed by atoms with Crippen molar-refractivity contribution in [2.24, 2.45) is 0 Å². The summed E-state index contributed by atoms with van der Waals surface area (Å²) in [7, 11) is 0. The minimum atomic E-state index is -0.226. The van der Waals surface area contributed by atoms with Gasteiger partial charge in [-0.25, -0.2) is 4.68 Å². The maximum absolute atomic E-state index is 13.0. The Morgan fingerprint density at radius 1 is 1.00 bits per heavy atom. The molecule has 5 heteroatoms. The number of rotatable bonds is 4. The minimum Gasteiger partial charge on any atom is -0.463 e. The Kier molecular flexibility index (Phi) is 4.34. The monoisotopic (exact) mass is 357 g/mol. The van der Waals surface area contributed by atoms with Crippen molar-refractivity contribution < 1.29 is 9.21 Å². The van der Waals surface area contributed by atoms with E-state index in [1.54, 1.807) is 23.1 Å². The van der Waals surface area contributed by atoms with E-state index in [1.807, 2.05) is 68.4 Å². The van der Waals surface area contributed by atoms with Gasteiger partial charge in [0.25, 0.3) is 5.91 Å². The van der Waals surface area contributed by atoms with Gasteiger partial charge in [-0.3, -0.25) is 4.79 Å². The van der Waals surface area contributed by atoms with Crippen LogP contribution in [0.4, 0.5) is 5.69 Å². The number of hydrogen-bond donors (Lipinski definition) is 1. The number of aryl methyl sites for hydroxylation is 2. The zero-order chi connectivity index (χ0) is 18.8. The first-order valence-electron chi connectivity index (χ1n) is 8.70. The number of para-hydroxylation sites is 1. The molecule has 0 aliphatic heterocycles. The van der Waals surface area contributed by atoms with Crippen molar-refractivity contribution in [3.05, 3.63) is 89.8 Å². The van der Waals surface area contributed by atoms with Crippen LogP contribution < -0.4 is 5.32 Å². The van der Waals surface area contributed by atoms with Gasteiger partial charge in [-0.2, -0.15) is 5.10 Å². The Hall–Kier alpha value is -3.60. The van der Waals surface area contributed by atoms with Crippen LogP contribution in [0.5, 0.6) is 0 Å². The predicted octanol–water partition coefficient (Wildman–Crippen LogP) is 5.00. The molecule has 2 heterocycles. The van der Waals surface area contributed by atoms with Gasteiger partial charge in [0.15, 0.2) is 5.76 Å². The smallest absolute Gasteiger partial charge is 0.274 e. The van der Waals surface area contributed by atoms with Gasteiger partial charge < -0.3 is 9.73 Å². The van der Waals surface area contributed by atoms with Crippen LogP contribution in [0.1, 0.15) is 21.6 Å². The van der Waals surface area contributed by atoms with E-state index in [0.29, 0.717) is 17.1 Å². The standard InChI is InChI=1S/C22H19N3O2/c1-15-10-11-18(16(2)13-15)23-22(26)20-14-19(21-9-6-12-27-21)24-25(20)17-7-4-3-5-8-17/h3-14H,1-2H3,(H,23,26). The number of carbonyl (C=O) groups is 1. The Morgan fingerprint density at radius 2 is 1.81 bits per heavy atom. The van der Waals surface area contributed by atoms with E-state index in [4.69, 9.17) is 4.42 Å². The average molecular weight is 357 g/mol. The molecule has 0 unspecified atom stereocenters. The lowest BCUT2D eigenvalue weighted by Crippen LogP contribution is -2.17. The van der Waals surface area contributed by atoms with Crippen LogP contribution in [0.3, 0.4) is 0 Å². The van der Waals surface area contributed by atoms with E-state index in [2.05, 4.69) is 10.4 Å². The highest BCUT2D eigenvalue weighted by molar-refractivity contribution is 6.04. The molecule has 0 saturated heterocycles. The normalized spacial score (nSPS) is 10.7. The molecular weight excluding hydrogens is 338 g/mol. The number of nitrogens with zero attached hydrogens (tertiary/aromatic N) is 2. The van der Waals surface area contributed by atoms with E-state index in [9.17, 15) is 4.79 Å². The second kappa shape index (κ2) is 6.96. The lowest BCUT2D eigenvalue weighted by atomic mass is 10.1. The molecule has 27 heavy (non-hydrogen) atoms. The third kappa shape index (κ3) is 3.40. The number of benzene rings is 2. The highest BCUT2D eigenvalue weighted by Crippen LogP contribution is 2.24. The number of hydrogen-bond acceptors (Lipinski definition) is 3. The zero-order valence-electron chi connectivity index (χ0n) is 15.1. The van der Waals surface area contributed by atoms with E-state index >= 15 is 0 Å². The molecule has 1 amide bonds. The number of carbonyl (C=O) groups excluding carboxylic acids is 1. The van der Waals surface area contributed by atoms with Crippen LogP contribution in [0, 0.1) is 13.8 Å². The summed E-state index contributed by atoms with van der Waals surface area (Å²) >= 11 is 0. The third-order valence-corrected chi connectivity index (χ3v) is 4.35. The molecule has 134 valence electrons. The number of furan rings is 1. The van der Waals surface area contributed by atoms with Gasteiger partial charge in [-0.15, -0.1) is 0 Å². The number of nitrogens with one attached hydrogen (secondary N) is 1. The summed E-state index contributed by atoms with van der Waals surface area (Å²) in [5.41, 5.74) is 4.80. The largest absolute Gasteiger partial charge is 0.463 e. The lowest BCUT2D eigenvalue weighted by molar-refractivity contribution is 0.101. The number of aromatic nitrogens is 2. The fraction of sp³-hybridized carbons (Fsp3) is 0.0909. The van der Waals surface area contributed by atoms with Crippen molar-refractivity contribution in [3.63, 3.8) is 0 Å². The molecule has 0 saturated carbocycles. The van der Waals surface area contributed by atoms with Gasteiger partial charge in [-0.05, 0) is 49.7 Å². The molecule has 0 spiro atoms. The summed E-state index contributed by atoms with van der Waals surface area (Å²) in [6.07, 6.45) is 1.59. The Balaban J connectivity index is 1.75. The highest BCUT2D eigenvalue weighted by Gasteiger charge is 2.19. The minimum absolute atomic E-state index is 0.226. The van der Waals surface area contributed by atoms with E-state index in [0.717, 1.165) is 22.5 Å². The molecule has 1 N–H and O–H groups in total. The summed E-state index contributed by atoms with van der Waals surface area (Å²) in [6, 6.07) is 20.9. The van der Waals surface area contributed by atoms with E-state index < -0.39 is 0 Å². The molecule has 0 radical (unpaired) electrons. The first-order valence-corrected chi connectivity index (χ1v) is 8.70. The van der Waals surface area contributed by atoms with Crippen molar-refractivity contribution in [1.82, 2.24) is 9.78 Å². The van der Waals surface area contributed by atoms with Crippen LogP contribution in [-0.4, -0.2) is 15.7 Å². The lowest BCUT2D eigenvalue weighted by Gasteiger charge is -2.10. The topological polar surface area (TPSA) is 60.1 Å². The summed E-state index contributed by atoms with van der Waals surface area (Å²) in [4.78, 5) is 13.0. The molecule has 0 aliphatic carbocycles. The van der Waals surface area contributed by atoms with Gasteiger partial charge in [-0.1, -0.05) is 35.9 Å². The van der Waals surface area contributed by atoms with Crippen LogP contribution in [0.2, 0.25) is 0 Å². The molecule has 5 nitrogen and oxygen atoms in total. The predicted molar refractivity (Wildman–Crippen MR) is 105 cm³/mol. The SMILES string of the molecule is Cc1ccc(NC(=O)c2cc(-c3ccco3)nn2-c2ccccc2)c(C)c1. The molecule has 0 atom stereocenters. The second-order valence-electron chi connectivity index (χ2n) is 6.41. The zero-order valence-corrected chi connectivity index (χ0v) is 15.1. The fourth-order valence-corrected chi connectivity index (χ4v) is 2.99. The van der Waals surface area contributed by atoms with E-state index in [-0.39, 0.29) is 5.91 Å². The number of anilines is 1. The maximum atomic E-state index is 13.0. The summed E-state index contributed by atoms with van der Waals surface area (Å²) in [5, 5.41) is 7.58. The van der Waals surface area contributed by atoms with Crippen molar-refractivity contribution >= 4 is 11.6 Å². The molecule has 0 bridgehead atoms. The fourth-order valence-electron chi connectivity index (χ4n) is 2.99. The summed E-state index contributed by atoms with van der Waals surface area (Å²) in [6.45, 7) is 4.00. The highest BCUT2D eigenvalue weighted by atomic mass is 16.3. The van der Waals surface area contributed by atoms with Gasteiger partial charge in [0.1, 0.15) is 11.4 Å². The van der Waals surface area contributed by atoms with Crippen LogP contribution in [0.15, 0.2) is 77.4 Å². The van der Waals surface area contributed by atoms with Gasteiger partial charge in [0, 0.05) is 11.8 Å². The maximum Gasteiger partial charge on any atom is 0.274 e. The van der Waals surface area contributed by atoms with Crippen molar-refractivity contribution in [3.8, 4) is 17.1 Å². The van der Waals surface area contributed by atoms with Crippen LogP contribution in [0.25, 0.3) is 17.1 Å². The van der Waals surface area contributed by atoms with Gasteiger partial charge in [0.2, 0.25) is 0 Å². The quantitative estimate of drug-likeness (QED) is 0.559. The first kappa shape index (κ1) is 16.8. The summed E-state index contributed by atoms with van der Waals surface area (Å²) in [5.74, 6) is 0.390. The Bertz CT molecular complexity index is 1080. The third-order valence-electron chi connectivity index (χ3n) is 4.35. The summed E-state index contributed by atoms with van der Waals surface area (Å²) < 4.78 is 7.08. The van der Waals surface area contributed by atoms with Crippen molar-refractivity contribution in [2.45, 2.75) is 13.8 Å². The molecule has 2 aromatic heterocycles. The molecule has 4 aromatic rings. The van der Waals surface area contributed by atoms with Gasteiger partial charge in [0.05, 0.1) is 12.0 Å². The van der Waals surface area contributed by atoms with Crippen molar-refractivity contribution in [1.29, 1.82) is 0 Å². The Labute approximate surface area is 157 Å². The number of amides is 1.